The highest BCUT2D eigenvalue weighted by Crippen LogP contribution is 2.18. The van der Waals surface area contributed by atoms with Crippen LogP contribution in [0.2, 0.25) is 0 Å². The number of hydrogen-bond acceptors (Lipinski definition) is 5. The fraction of sp³-hybridized carbons (Fsp3) is 0.600. The molecule has 0 radical (unpaired) electrons. The van der Waals surface area contributed by atoms with E-state index in [2.05, 4.69) is 36.2 Å². The number of nitrogens with zero attached hydrogens (tertiary/aromatic N) is 3. The van der Waals surface area contributed by atoms with Crippen LogP contribution >= 0.6 is 0 Å². The van der Waals surface area contributed by atoms with E-state index in [1.165, 1.54) is 10.1 Å². The van der Waals surface area contributed by atoms with E-state index >= 15 is 0 Å². The summed E-state index contributed by atoms with van der Waals surface area (Å²) in [5.41, 5.74) is 0.710. The molecule has 1 aromatic carbocycles. The van der Waals surface area contributed by atoms with Crippen molar-refractivity contribution in [2.75, 3.05) is 24.6 Å². The number of hydrogen-bond donors (Lipinski definition) is 2. The minimum atomic E-state index is -0.272. The van der Waals surface area contributed by atoms with Crippen LogP contribution in [0.5, 0.6) is 0 Å². The maximum absolute atomic E-state index is 13.1. The number of aryl methyl sites for hydroxylation is 1. The Hall–Kier alpha value is -2.38. The summed E-state index contributed by atoms with van der Waals surface area (Å²) < 4.78 is 3.02. The minimum Gasteiger partial charge on any atom is -0.395 e. The van der Waals surface area contributed by atoms with E-state index in [4.69, 9.17) is 0 Å². The summed E-state index contributed by atoms with van der Waals surface area (Å²) in [4.78, 5) is 27.9. The first-order valence-electron chi connectivity index (χ1n) is 11.7. The first-order valence-corrected chi connectivity index (χ1v) is 11.7. The Kier molecular flexibility index (Phi) is 9.72. The van der Waals surface area contributed by atoms with Gasteiger partial charge in [0.2, 0.25) is 0 Å². The Morgan fingerprint density at radius 2 is 1.59 bits per heavy atom. The largest absolute Gasteiger partial charge is 0.395 e. The molecule has 1 unspecified atom stereocenters. The number of benzene rings is 1. The highest BCUT2D eigenvalue weighted by atomic mass is 16.3. The summed E-state index contributed by atoms with van der Waals surface area (Å²) in [6, 6.07) is 11.7. The summed E-state index contributed by atoms with van der Waals surface area (Å²) in [6.07, 6.45) is 1.73. The third-order valence-electron chi connectivity index (χ3n) is 5.73. The third kappa shape index (κ3) is 6.56. The summed E-state index contributed by atoms with van der Waals surface area (Å²) >= 11 is 0. The van der Waals surface area contributed by atoms with E-state index in [-0.39, 0.29) is 42.0 Å². The number of nitrogens with one attached hydrogen (secondary N) is 1. The Balaban J connectivity index is 2.16. The molecule has 32 heavy (non-hydrogen) atoms. The molecular weight excluding hydrogens is 404 g/mol. The minimum absolute atomic E-state index is 0.00884. The molecule has 1 aromatic heterocycles. The molecule has 0 aliphatic heterocycles. The number of aliphatic hydroxyl groups is 1. The standard InChI is InChI=1S/C25H40N4O3/c1-18(2)27(15-14-26-22(17-30)13-12-21-10-8-7-9-11-21)23-16-24(31)29(20(5)6)25(32)28(23)19(3)4/h7-11,16,18-20,22,26,30H,12-15,17H2,1-6H3. The van der Waals surface area contributed by atoms with Crippen molar-refractivity contribution in [2.45, 2.75) is 78.6 Å². The summed E-state index contributed by atoms with van der Waals surface area (Å²) in [7, 11) is 0. The summed E-state index contributed by atoms with van der Waals surface area (Å²) in [5.74, 6) is 0.647. The first-order chi connectivity index (χ1) is 15.2. The second-order valence-electron chi connectivity index (χ2n) is 9.20. The molecule has 0 amide bonds. The smallest absolute Gasteiger partial charge is 0.333 e. The molecule has 7 heteroatoms. The van der Waals surface area contributed by atoms with E-state index in [0.29, 0.717) is 18.9 Å². The average molecular weight is 445 g/mol. The molecule has 0 spiro atoms. The highest BCUT2D eigenvalue weighted by Gasteiger charge is 2.21. The predicted octanol–water partition coefficient (Wildman–Crippen LogP) is 2.97. The van der Waals surface area contributed by atoms with Gasteiger partial charge in [-0.05, 0) is 59.9 Å². The van der Waals surface area contributed by atoms with Gasteiger partial charge in [0.05, 0.1) is 6.61 Å². The van der Waals surface area contributed by atoms with Gasteiger partial charge in [-0.1, -0.05) is 30.3 Å². The lowest BCUT2D eigenvalue weighted by Gasteiger charge is -2.33. The number of anilines is 1. The molecule has 0 saturated heterocycles. The van der Waals surface area contributed by atoms with Crippen LogP contribution in [0.25, 0.3) is 0 Å². The normalized spacial score (nSPS) is 12.7. The second-order valence-corrected chi connectivity index (χ2v) is 9.20. The van der Waals surface area contributed by atoms with Crippen LogP contribution in [0.1, 0.15) is 65.6 Å². The molecule has 0 bridgehead atoms. The molecule has 0 fully saturated rings. The monoisotopic (exact) mass is 444 g/mol. The van der Waals surface area contributed by atoms with Gasteiger partial charge >= 0.3 is 5.69 Å². The number of aromatic nitrogens is 2. The van der Waals surface area contributed by atoms with Crippen LogP contribution in [0.3, 0.4) is 0 Å². The van der Waals surface area contributed by atoms with Crippen LogP contribution in [0.15, 0.2) is 46.0 Å². The lowest BCUT2D eigenvalue weighted by molar-refractivity contribution is 0.236. The molecule has 1 heterocycles. The topological polar surface area (TPSA) is 79.5 Å². The Morgan fingerprint density at radius 3 is 2.12 bits per heavy atom. The molecule has 0 aliphatic carbocycles. The van der Waals surface area contributed by atoms with E-state index < -0.39 is 0 Å². The van der Waals surface area contributed by atoms with Gasteiger partial charge in [-0.25, -0.2) is 4.79 Å². The Morgan fingerprint density at radius 1 is 0.969 bits per heavy atom. The lowest BCUT2D eigenvalue weighted by atomic mass is 10.1. The molecule has 178 valence electrons. The summed E-state index contributed by atoms with van der Waals surface area (Å²) in [5, 5.41) is 13.2. The zero-order valence-corrected chi connectivity index (χ0v) is 20.4. The van der Waals surface area contributed by atoms with E-state index in [0.717, 1.165) is 12.8 Å². The van der Waals surface area contributed by atoms with Gasteiger partial charge in [0, 0.05) is 43.3 Å². The fourth-order valence-corrected chi connectivity index (χ4v) is 4.01. The van der Waals surface area contributed by atoms with Gasteiger partial charge in [0.15, 0.2) is 0 Å². The van der Waals surface area contributed by atoms with Crippen molar-refractivity contribution in [1.29, 1.82) is 0 Å². The van der Waals surface area contributed by atoms with E-state index in [1.807, 2.05) is 45.9 Å². The quantitative estimate of drug-likeness (QED) is 0.526. The molecular formula is C25H40N4O3. The van der Waals surface area contributed by atoms with Crippen LogP contribution in [0.4, 0.5) is 5.82 Å². The maximum atomic E-state index is 13.1. The van der Waals surface area contributed by atoms with Gasteiger partial charge < -0.3 is 15.3 Å². The van der Waals surface area contributed by atoms with Crippen molar-refractivity contribution in [1.82, 2.24) is 14.5 Å². The zero-order chi connectivity index (χ0) is 23.8. The lowest BCUT2D eigenvalue weighted by Crippen LogP contribution is -2.47. The van der Waals surface area contributed by atoms with Crippen LogP contribution < -0.4 is 21.5 Å². The second kappa shape index (κ2) is 12.0. The maximum Gasteiger partial charge on any atom is 0.333 e. The third-order valence-corrected chi connectivity index (χ3v) is 5.73. The Labute approximate surface area is 191 Å². The van der Waals surface area contributed by atoms with Crippen molar-refractivity contribution in [3.63, 3.8) is 0 Å². The van der Waals surface area contributed by atoms with Crippen LogP contribution in [-0.4, -0.2) is 46.0 Å². The van der Waals surface area contributed by atoms with Crippen molar-refractivity contribution in [3.05, 3.63) is 62.8 Å². The first kappa shape index (κ1) is 25.9. The average Bonchev–Trinajstić information content (AvgIpc) is 2.72. The molecule has 0 aliphatic rings. The van der Waals surface area contributed by atoms with Crippen molar-refractivity contribution < 1.29 is 5.11 Å². The van der Waals surface area contributed by atoms with Crippen molar-refractivity contribution in [2.24, 2.45) is 0 Å². The number of rotatable bonds is 12. The van der Waals surface area contributed by atoms with Crippen molar-refractivity contribution >= 4 is 5.82 Å². The van der Waals surface area contributed by atoms with Crippen molar-refractivity contribution in [3.8, 4) is 0 Å². The van der Waals surface area contributed by atoms with Crippen LogP contribution in [-0.2, 0) is 6.42 Å². The van der Waals surface area contributed by atoms with E-state index in [9.17, 15) is 14.7 Å². The highest BCUT2D eigenvalue weighted by molar-refractivity contribution is 5.40. The fourth-order valence-electron chi connectivity index (χ4n) is 4.01. The van der Waals surface area contributed by atoms with Gasteiger partial charge in [0.25, 0.3) is 5.56 Å². The zero-order valence-electron chi connectivity index (χ0n) is 20.4. The Bertz CT molecular complexity index is 948. The van der Waals surface area contributed by atoms with Gasteiger partial charge in [-0.2, -0.15) is 0 Å². The summed E-state index contributed by atoms with van der Waals surface area (Å²) in [6.45, 7) is 13.1. The van der Waals surface area contributed by atoms with Gasteiger partial charge in [-0.15, -0.1) is 0 Å². The SMILES string of the molecule is CC(C)N(CCNC(CO)CCc1ccccc1)c1cc(=O)n(C(C)C)c(=O)n1C(C)C. The number of aliphatic hydroxyl groups excluding tert-OH is 1. The van der Waals surface area contributed by atoms with Gasteiger partial charge in [0.1, 0.15) is 5.82 Å². The molecule has 1 atom stereocenters. The molecule has 2 aromatic rings. The predicted molar refractivity (Wildman–Crippen MR) is 132 cm³/mol. The van der Waals surface area contributed by atoms with E-state index in [1.54, 1.807) is 10.6 Å². The molecule has 2 rings (SSSR count). The molecule has 2 N–H and O–H groups in total. The van der Waals surface area contributed by atoms with Gasteiger partial charge in [-0.3, -0.25) is 13.9 Å². The van der Waals surface area contributed by atoms with Crippen LogP contribution in [0, 0.1) is 0 Å². The molecule has 0 saturated carbocycles. The molecule has 7 nitrogen and oxygen atoms in total.